The zero-order chi connectivity index (χ0) is 23.8. The van der Waals surface area contributed by atoms with Gasteiger partial charge in [0.25, 0.3) is 0 Å². The predicted molar refractivity (Wildman–Crippen MR) is 145 cm³/mol. The van der Waals surface area contributed by atoms with Gasteiger partial charge in [-0.2, -0.15) is 5.26 Å². The van der Waals surface area contributed by atoms with Crippen LogP contribution in [-0.4, -0.2) is 11.0 Å². The number of thiocarbonyl (C=S) groups is 1. The lowest BCUT2D eigenvalue weighted by Gasteiger charge is -2.10. The number of nitriles is 1. The van der Waals surface area contributed by atoms with Gasteiger partial charge in [0.05, 0.1) is 12.0 Å². The van der Waals surface area contributed by atoms with Crippen molar-refractivity contribution in [1.29, 1.82) is 5.26 Å². The van der Waals surface area contributed by atoms with Crippen molar-refractivity contribution in [3.05, 3.63) is 64.0 Å². The van der Waals surface area contributed by atoms with Gasteiger partial charge in [-0.3, -0.25) is 4.79 Å². The van der Waals surface area contributed by atoms with Crippen LogP contribution in [0.2, 0.25) is 0 Å². The van der Waals surface area contributed by atoms with Crippen LogP contribution in [0, 0.1) is 11.3 Å². The Balaban J connectivity index is 1.44. The van der Waals surface area contributed by atoms with Crippen molar-refractivity contribution in [3.63, 3.8) is 0 Å². The second-order valence-corrected chi connectivity index (χ2v) is 10.5. The maximum atomic E-state index is 12.7. The number of hydrogen-bond acceptors (Lipinski definition) is 4. The molecule has 0 spiro atoms. The van der Waals surface area contributed by atoms with Gasteiger partial charge in [0, 0.05) is 4.88 Å². The van der Waals surface area contributed by atoms with E-state index in [1.165, 1.54) is 49.0 Å². The van der Waals surface area contributed by atoms with Crippen molar-refractivity contribution in [2.24, 2.45) is 0 Å². The van der Waals surface area contributed by atoms with Gasteiger partial charge in [0.15, 0.2) is 5.11 Å². The first kappa shape index (κ1) is 24.4. The second kappa shape index (κ2) is 12.1. The van der Waals surface area contributed by atoms with E-state index in [0.717, 1.165) is 47.0 Å². The number of amides is 1. The predicted octanol–water partition coefficient (Wildman–Crippen LogP) is 7.05. The number of nitrogens with zero attached hydrogens (tertiary/aromatic N) is 1. The zero-order valence-corrected chi connectivity index (χ0v) is 21.1. The molecule has 2 aromatic carbocycles. The molecule has 0 unspecified atom stereocenters. The number of nitrogens with one attached hydrogen (secondary N) is 2. The first-order valence-corrected chi connectivity index (χ1v) is 13.5. The third kappa shape index (κ3) is 6.22. The Bertz CT molecular complexity index is 1200. The highest BCUT2D eigenvalue weighted by Crippen LogP contribution is 2.35. The minimum absolute atomic E-state index is 0.164. The minimum atomic E-state index is -0.164. The lowest BCUT2D eigenvalue weighted by molar-refractivity contribution is -0.119. The molecule has 1 amide bonds. The van der Waals surface area contributed by atoms with Crippen molar-refractivity contribution in [3.8, 4) is 6.07 Å². The average molecular weight is 490 g/mol. The maximum Gasteiger partial charge on any atom is 0.230 e. The third-order valence-corrected chi connectivity index (χ3v) is 7.91. The van der Waals surface area contributed by atoms with Crippen LogP contribution in [0.1, 0.15) is 72.9 Å². The van der Waals surface area contributed by atoms with E-state index < -0.39 is 0 Å². The Morgan fingerprint density at radius 1 is 0.941 bits per heavy atom. The molecule has 0 fully saturated rings. The smallest absolute Gasteiger partial charge is 0.230 e. The largest absolute Gasteiger partial charge is 0.323 e. The summed E-state index contributed by atoms with van der Waals surface area (Å²) >= 11 is 7.09. The zero-order valence-electron chi connectivity index (χ0n) is 19.5. The van der Waals surface area contributed by atoms with Crippen LogP contribution in [0.15, 0.2) is 42.5 Å². The molecule has 0 radical (unpaired) electrons. The van der Waals surface area contributed by atoms with Crippen LogP contribution in [-0.2, 0) is 24.1 Å². The van der Waals surface area contributed by atoms with Crippen LogP contribution in [0.25, 0.3) is 10.8 Å². The molecular weight excluding hydrogens is 458 g/mol. The van der Waals surface area contributed by atoms with Gasteiger partial charge in [-0.15, -0.1) is 11.3 Å². The van der Waals surface area contributed by atoms with Gasteiger partial charge in [0.2, 0.25) is 5.91 Å². The van der Waals surface area contributed by atoms with Gasteiger partial charge >= 0.3 is 0 Å². The topological polar surface area (TPSA) is 64.9 Å². The van der Waals surface area contributed by atoms with E-state index in [1.807, 2.05) is 42.5 Å². The average Bonchev–Trinajstić information content (AvgIpc) is 3.14. The fourth-order valence-electron chi connectivity index (χ4n) is 4.76. The molecule has 1 aromatic heterocycles. The molecule has 34 heavy (non-hydrogen) atoms. The summed E-state index contributed by atoms with van der Waals surface area (Å²) in [6.45, 7) is 0. The summed E-state index contributed by atoms with van der Waals surface area (Å²) in [7, 11) is 0. The highest BCUT2D eigenvalue weighted by atomic mass is 32.1. The van der Waals surface area contributed by atoms with Crippen molar-refractivity contribution in [1.82, 2.24) is 5.32 Å². The standard InChI is InChI=1S/C28H31N3OS2/c29-19-24-23-16-7-5-3-1-2-4-6-8-17-25(23)34-27(24)31-28(33)30-26(32)18-21-14-11-13-20-12-9-10-15-22(20)21/h9-15H,1-8,16-18H2,(H2,30,31,32,33). The maximum absolute atomic E-state index is 12.7. The molecule has 6 heteroatoms. The lowest BCUT2D eigenvalue weighted by Crippen LogP contribution is -2.35. The van der Waals surface area contributed by atoms with Crippen LogP contribution in [0.5, 0.6) is 0 Å². The number of benzene rings is 2. The molecule has 4 rings (SSSR count). The first-order chi connectivity index (χ1) is 16.7. The third-order valence-electron chi connectivity index (χ3n) is 6.49. The quantitative estimate of drug-likeness (QED) is 0.387. The molecule has 0 aliphatic heterocycles. The van der Waals surface area contributed by atoms with Crippen molar-refractivity contribution in [2.45, 2.75) is 70.6 Å². The summed E-state index contributed by atoms with van der Waals surface area (Å²) in [5.41, 5.74) is 2.84. The normalized spacial score (nSPS) is 14.8. The Hall–Kier alpha value is -2.75. The molecule has 0 atom stereocenters. The second-order valence-electron chi connectivity index (χ2n) is 8.97. The van der Waals surface area contributed by atoms with E-state index in [-0.39, 0.29) is 17.4 Å². The van der Waals surface area contributed by atoms with Gasteiger partial charge < -0.3 is 10.6 Å². The summed E-state index contributed by atoms with van der Waals surface area (Å²) in [6.07, 6.45) is 12.1. The number of rotatable bonds is 3. The molecule has 1 aliphatic rings. The van der Waals surface area contributed by atoms with Gasteiger partial charge in [0.1, 0.15) is 11.1 Å². The first-order valence-electron chi connectivity index (χ1n) is 12.3. The number of anilines is 1. The number of thiophene rings is 1. The molecule has 1 aliphatic carbocycles. The SMILES string of the molecule is N#Cc1c(NC(=S)NC(=O)Cc2cccc3ccccc23)sc2c1CCCCCCCCCC2. The fourth-order valence-corrected chi connectivity index (χ4v) is 6.28. The number of hydrogen-bond donors (Lipinski definition) is 2. The highest BCUT2D eigenvalue weighted by Gasteiger charge is 2.19. The van der Waals surface area contributed by atoms with Crippen molar-refractivity contribution in [2.75, 3.05) is 5.32 Å². The van der Waals surface area contributed by atoms with Crippen LogP contribution in [0.4, 0.5) is 5.00 Å². The van der Waals surface area contributed by atoms with E-state index in [2.05, 4.69) is 16.7 Å². The molecule has 1 heterocycles. The Morgan fingerprint density at radius 2 is 1.62 bits per heavy atom. The van der Waals surface area contributed by atoms with Gasteiger partial charge in [-0.1, -0.05) is 81.0 Å². The molecule has 3 aromatic rings. The van der Waals surface area contributed by atoms with E-state index >= 15 is 0 Å². The van der Waals surface area contributed by atoms with Gasteiger partial charge in [-0.05, 0) is 59.8 Å². The molecular formula is C28H31N3OS2. The molecule has 0 bridgehead atoms. The van der Waals surface area contributed by atoms with E-state index in [9.17, 15) is 10.1 Å². The number of fused-ring (bicyclic) bond motifs is 2. The molecule has 0 saturated heterocycles. The summed E-state index contributed by atoms with van der Waals surface area (Å²) < 4.78 is 0. The number of carbonyl (C=O) groups is 1. The molecule has 2 N–H and O–H groups in total. The highest BCUT2D eigenvalue weighted by molar-refractivity contribution is 7.80. The molecule has 0 saturated carbocycles. The van der Waals surface area contributed by atoms with Gasteiger partial charge in [-0.25, -0.2) is 0 Å². The Morgan fingerprint density at radius 3 is 2.38 bits per heavy atom. The monoisotopic (exact) mass is 489 g/mol. The molecule has 176 valence electrons. The summed E-state index contributed by atoms with van der Waals surface area (Å²) in [4.78, 5) is 14.0. The number of aryl methyl sites for hydroxylation is 1. The van der Waals surface area contributed by atoms with Crippen molar-refractivity contribution >= 4 is 50.3 Å². The van der Waals surface area contributed by atoms with Crippen LogP contribution < -0.4 is 10.6 Å². The van der Waals surface area contributed by atoms with Crippen molar-refractivity contribution < 1.29 is 4.79 Å². The number of carbonyl (C=O) groups excluding carboxylic acids is 1. The van der Waals surface area contributed by atoms with E-state index in [0.29, 0.717) is 5.56 Å². The summed E-state index contributed by atoms with van der Waals surface area (Å²) in [5.74, 6) is -0.164. The lowest BCUT2D eigenvalue weighted by atomic mass is 9.98. The minimum Gasteiger partial charge on any atom is -0.323 e. The van der Waals surface area contributed by atoms with E-state index in [1.54, 1.807) is 11.3 Å². The van der Waals surface area contributed by atoms with Crippen LogP contribution in [0.3, 0.4) is 0 Å². The summed E-state index contributed by atoms with van der Waals surface area (Å²) in [6, 6.07) is 16.4. The molecule has 4 nitrogen and oxygen atoms in total. The Labute approximate surface area is 211 Å². The Kier molecular flexibility index (Phi) is 8.67. The van der Waals surface area contributed by atoms with E-state index in [4.69, 9.17) is 12.2 Å². The fraction of sp³-hybridized carbons (Fsp3) is 0.393. The summed E-state index contributed by atoms with van der Waals surface area (Å²) in [5, 5.41) is 19.1. The van der Waals surface area contributed by atoms with Crippen LogP contribution >= 0.6 is 23.6 Å².